The van der Waals surface area contributed by atoms with Crippen LogP contribution >= 0.6 is 11.6 Å². The standard InChI is InChI=1S/C15H24ClNO2S/c1-12(2)13(3)17(4)20(18,19)15-9-7-14(8-10-15)6-5-11-16/h7-10,12-13H,5-6,11H2,1-4H3. The van der Waals surface area contributed by atoms with Crippen molar-refractivity contribution in [2.45, 2.75) is 44.6 Å². The molecule has 1 rings (SSSR count). The summed E-state index contributed by atoms with van der Waals surface area (Å²) in [4.78, 5) is 0.349. The topological polar surface area (TPSA) is 37.4 Å². The minimum atomic E-state index is -3.41. The molecule has 0 saturated carbocycles. The van der Waals surface area contributed by atoms with Crippen LogP contribution in [0.1, 0.15) is 32.8 Å². The lowest BCUT2D eigenvalue weighted by molar-refractivity contribution is 0.316. The van der Waals surface area contributed by atoms with E-state index < -0.39 is 10.0 Å². The molecule has 3 nitrogen and oxygen atoms in total. The summed E-state index contributed by atoms with van der Waals surface area (Å²) in [6.45, 7) is 5.97. The van der Waals surface area contributed by atoms with Crippen molar-refractivity contribution in [3.05, 3.63) is 29.8 Å². The van der Waals surface area contributed by atoms with E-state index in [2.05, 4.69) is 0 Å². The fraction of sp³-hybridized carbons (Fsp3) is 0.600. The second kappa shape index (κ2) is 7.43. The van der Waals surface area contributed by atoms with Crippen LogP contribution in [0.15, 0.2) is 29.2 Å². The van der Waals surface area contributed by atoms with Gasteiger partial charge in [-0.2, -0.15) is 4.31 Å². The molecule has 0 amide bonds. The maximum Gasteiger partial charge on any atom is 0.243 e. The molecule has 1 atom stereocenters. The number of rotatable bonds is 7. The van der Waals surface area contributed by atoms with Crippen LogP contribution in [0, 0.1) is 5.92 Å². The fourth-order valence-corrected chi connectivity index (χ4v) is 3.53. The molecule has 1 unspecified atom stereocenters. The largest absolute Gasteiger partial charge is 0.243 e. The predicted octanol–water partition coefficient (Wildman–Crippen LogP) is 3.52. The van der Waals surface area contributed by atoms with E-state index in [1.165, 1.54) is 4.31 Å². The average Bonchev–Trinajstić information content (AvgIpc) is 2.43. The third-order valence-electron chi connectivity index (χ3n) is 3.74. The molecule has 5 heteroatoms. The zero-order chi connectivity index (χ0) is 15.3. The molecule has 20 heavy (non-hydrogen) atoms. The lowest BCUT2D eigenvalue weighted by Crippen LogP contribution is -2.38. The van der Waals surface area contributed by atoms with Gasteiger partial charge in [-0.1, -0.05) is 26.0 Å². The van der Waals surface area contributed by atoms with Crippen molar-refractivity contribution < 1.29 is 8.42 Å². The molecule has 0 bridgehead atoms. The Balaban J connectivity index is 2.93. The molecule has 0 N–H and O–H groups in total. The number of halogens is 1. The number of hydrogen-bond donors (Lipinski definition) is 0. The molecule has 1 aromatic carbocycles. The van der Waals surface area contributed by atoms with Gasteiger partial charge in [-0.25, -0.2) is 8.42 Å². The van der Waals surface area contributed by atoms with Gasteiger partial charge in [0.2, 0.25) is 10.0 Å². The van der Waals surface area contributed by atoms with Gasteiger partial charge in [-0.3, -0.25) is 0 Å². The third kappa shape index (κ3) is 4.21. The number of sulfonamides is 1. The van der Waals surface area contributed by atoms with E-state index in [0.717, 1.165) is 18.4 Å². The molecule has 1 aromatic rings. The Morgan fingerprint density at radius 1 is 1.15 bits per heavy atom. The normalized spacial score (nSPS) is 13.9. The zero-order valence-electron chi connectivity index (χ0n) is 12.6. The highest BCUT2D eigenvalue weighted by Gasteiger charge is 2.26. The van der Waals surface area contributed by atoms with Gasteiger partial charge in [0.25, 0.3) is 0 Å². The molecule has 0 aliphatic rings. The number of benzene rings is 1. The SMILES string of the molecule is CC(C)C(C)N(C)S(=O)(=O)c1ccc(CCCCl)cc1. The molecule has 0 heterocycles. The van der Waals surface area contributed by atoms with Gasteiger partial charge in [-0.15, -0.1) is 11.6 Å². The Morgan fingerprint density at radius 3 is 2.15 bits per heavy atom. The summed E-state index contributed by atoms with van der Waals surface area (Å²) in [5.74, 6) is 0.895. The summed E-state index contributed by atoms with van der Waals surface area (Å²) in [5, 5.41) is 0. The first-order valence-electron chi connectivity index (χ1n) is 6.93. The number of alkyl halides is 1. The van der Waals surface area contributed by atoms with E-state index in [-0.39, 0.29) is 12.0 Å². The lowest BCUT2D eigenvalue weighted by Gasteiger charge is -2.27. The summed E-state index contributed by atoms with van der Waals surface area (Å²) in [5.41, 5.74) is 1.11. The Bertz CT molecular complexity index is 511. The van der Waals surface area contributed by atoms with Gasteiger partial charge in [0.05, 0.1) is 4.90 Å². The van der Waals surface area contributed by atoms with Gasteiger partial charge in [0.15, 0.2) is 0 Å². The van der Waals surface area contributed by atoms with Crippen molar-refractivity contribution in [3.8, 4) is 0 Å². The molecular weight excluding hydrogens is 294 g/mol. The summed E-state index contributed by atoms with van der Waals surface area (Å²) in [6, 6.07) is 7.07. The minimum Gasteiger partial charge on any atom is -0.207 e. The Hall–Kier alpha value is -0.580. The molecule has 0 spiro atoms. The zero-order valence-corrected chi connectivity index (χ0v) is 14.2. The van der Waals surface area contributed by atoms with Crippen LogP contribution in [0.4, 0.5) is 0 Å². The molecule has 0 fully saturated rings. The molecule has 114 valence electrons. The van der Waals surface area contributed by atoms with Crippen molar-refractivity contribution in [2.75, 3.05) is 12.9 Å². The number of aryl methyl sites for hydroxylation is 1. The molecule has 0 aliphatic heterocycles. The van der Waals surface area contributed by atoms with Gasteiger partial charge in [0, 0.05) is 19.0 Å². The maximum atomic E-state index is 12.5. The van der Waals surface area contributed by atoms with Crippen molar-refractivity contribution in [3.63, 3.8) is 0 Å². The third-order valence-corrected chi connectivity index (χ3v) is 5.96. The second-order valence-corrected chi connectivity index (χ2v) is 7.82. The lowest BCUT2D eigenvalue weighted by atomic mass is 10.1. The van der Waals surface area contributed by atoms with Crippen LogP contribution in [0.25, 0.3) is 0 Å². The number of nitrogens with zero attached hydrogens (tertiary/aromatic N) is 1. The quantitative estimate of drug-likeness (QED) is 0.721. The Morgan fingerprint density at radius 2 is 1.70 bits per heavy atom. The summed E-state index contributed by atoms with van der Waals surface area (Å²) in [6.07, 6.45) is 1.78. The molecule has 0 aromatic heterocycles. The van der Waals surface area contributed by atoms with Crippen LogP contribution in [0.5, 0.6) is 0 Å². The highest BCUT2D eigenvalue weighted by Crippen LogP contribution is 2.20. The second-order valence-electron chi connectivity index (χ2n) is 5.44. The van der Waals surface area contributed by atoms with Crippen LogP contribution in [-0.2, 0) is 16.4 Å². The predicted molar refractivity (Wildman–Crippen MR) is 84.7 cm³/mol. The first kappa shape index (κ1) is 17.5. The molecule has 0 aliphatic carbocycles. The van der Waals surface area contributed by atoms with Gasteiger partial charge < -0.3 is 0 Å². The summed E-state index contributed by atoms with van der Waals surface area (Å²) in [7, 11) is -1.77. The monoisotopic (exact) mass is 317 g/mol. The summed E-state index contributed by atoms with van der Waals surface area (Å²) < 4.78 is 26.5. The fourth-order valence-electron chi connectivity index (χ4n) is 1.90. The average molecular weight is 318 g/mol. The van der Waals surface area contributed by atoms with Crippen molar-refractivity contribution in [1.29, 1.82) is 0 Å². The highest BCUT2D eigenvalue weighted by molar-refractivity contribution is 7.89. The van der Waals surface area contributed by atoms with E-state index in [4.69, 9.17) is 11.6 Å². The first-order valence-corrected chi connectivity index (χ1v) is 8.91. The minimum absolute atomic E-state index is 0.0316. The molecular formula is C15H24ClNO2S. The van der Waals surface area contributed by atoms with Crippen LogP contribution in [0.2, 0.25) is 0 Å². The van der Waals surface area contributed by atoms with Crippen LogP contribution < -0.4 is 0 Å². The van der Waals surface area contributed by atoms with E-state index >= 15 is 0 Å². The van der Waals surface area contributed by atoms with Crippen LogP contribution in [0.3, 0.4) is 0 Å². The number of hydrogen-bond acceptors (Lipinski definition) is 2. The Kier molecular flexibility index (Phi) is 6.49. The van der Waals surface area contributed by atoms with Gasteiger partial charge in [-0.05, 0) is 43.4 Å². The maximum absolute atomic E-state index is 12.5. The van der Waals surface area contributed by atoms with Gasteiger partial charge >= 0.3 is 0 Å². The van der Waals surface area contributed by atoms with Crippen molar-refractivity contribution in [2.24, 2.45) is 5.92 Å². The highest BCUT2D eigenvalue weighted by atomic mass is 35.5. The van der Waals surface area contributed by atoms with E-state index in [1.807, 2.05) is 32.9 Å². The van der Waals surface area contributed by atoms with E-state index in [1.54, 1.807) is 19.2 Å². The van der Waals surface area contributed by atoms with E-state index in [9.17, 15) is 8.42 Å². The van der Waals surface area contributed by atoms with Crippen molar-refractivity contribution >= 4 is 21.6 Å². The van der Waals surface area contributed by atoms with E-state index in [0.29, 0.717) is 10.8 Å². The smallest absolute Gasteiger partial charge is 0.207 e. The molecule has 0 saturated heterocycles. The van der Waals surface area contributed by atoms with Gasteiger partial charge in [0.1, 0.15) is 0 Å². The van der Waals surface area contributed by atoms with Crippen molar-refractivity contribution in [1.82, 2.24) is 4.31 Å². The Labute approximate surface area is 128 Å². The molecule has 0 radical (unpaired) electrons. The van der Waals surface area contributed by atoms with Crippen LogP contribution in [-0.4, -0.2) is 31.7 Å². The summed E-state index contributed by atoms with van der Waals surface area (Å²) >= 11 is 5.66. The first-order chi connectivity index (χ1) is 9.30.